The minimum absolute atomic E-state index is 0.0354. The monoisotopic (exact) mass is 531 g/mol. The van der Waals surface area contributed by atoms with E-state index in [1.54, 1.807) is 13.0 Å². The Morgan fingerprint density at radius 3 is 2.49 bits per heavy atom. The SMILES string of the molecule is C[C@H]1CN(c2cc(S(=O)(=O)NC3(C)COC3)cn3c(-c4nnc(C(F)(F)F)s4)ncc23)C[C@H](C)N1. The molecule has 0 aliphatic carbocycles. The third-order valence-corrected chi connectivity index (χ3v) is 8.45. The highest BCUT2D eigenvalue weighted by Crippen LogP contribution is 2.36. The first-order valence-electron chi connectivity index (χ1n) is 10.9. The zero-order chi connectivity index (χ0) is 25.2. The predicted octanol–water partition coefficient (Wildman–Crippen LogP) is 2.13. The molecule has 2 aliphatic heterocycles. The Hall–Kier alpha value is -2.33. The maximum Gasteiger partial charge on any atom is 0.445 e. The number of nitrogens with one attached hydrogen (secondary N) is 2. The van der Waals surface area contributed by atoms with E-state index in [9.17, 15) is 21.6 Å². The summed E-state index contributed by atoms with van der Waals surface area (Å²) in [5.74, 6) is 0.0840. The second kappa shape index (κ2) is 8.37. The van der Waals surface area contributed by atoms with Gasteiger partial charge in [0, 0.05) is 31.4 Å². The number of alkyl halides is 3. The van der Waals surface area contributed by atoms with Crippen LogP contribution in [0, 0.1) is 0 Å². The van der Waals surface area contributed by atoms with Crippen LogP contribution in [0.5, 0.6) is 0 Å². The molecule has 2 N–H and O–H groups in total. The van der Waals surface area contributed by atoms with E-state index in [1.807, 2.05) is 13.8 Å². The van der Waals surface area contributed by atoms with E-state index >= 15 is 0 Å². The fourth-order valence-corrected chi connectivity index (χ4v) is 6.51. The van der Waals surface area contributed by atoms with Gasteiger partial charge in [0.15, 0.2) is 10.8 Å². The highest BCUT2D eigenvalue weighted by atomic mass is 32.2. The summed E-state index contributed by atoms with van der Waals surface area (Å²) in [6.07, 6.45) is -1.77. The first-order valence-corrected chi connectivity index (χ1v) is 13.2. The second-order valence-corrected chi connectivity index (χ2v) is 12.0. The number of aromatic nitrogens is 4. The summed E-state index contributed by atoms with van der Waals surface area (Å²) in [6, 6.07) is 1.86. The number of piperazine rings is 1. The van der Waals surface area contributed by atoms with Crippen molar-refractivity contribution in [2.75, 3.05) is 31.2 Å². The summed E-state index contributed by atoms with van der Waals surface area (Å²) >= 11 is 0.355. The van der Waals surface area contributed by atoms with Gasteiger partial charge in [-0.2, -0.15) is 13.2 Å². The van der Waals surface area contributed by atoms with Crippen LogP contribution in [0.15, 0.2) is 23.4 Å². The first-order chi connectivity index (χ1) is 16.3. The number of ether oxygens (including phenoxy) is 1. The van der Waals surface area contributed by atoms with Crippen molar-refractivity contribution in [3.63, 3.8) is 0 Å². The Morgan fingerprint density at radius 1 is 1.23 bits per heavy atom. The Labute approximate surface area is 203 Å². The van der Waals surface area contributed by atoms with E-state index in [-0.39, 0.29) is 41.0 Å². The van der Waals surface area contributed by atoms with E-state index < -0.39 is 26.7 Å². The van der Waals surface area contributed by atoms with E-state index in [4.69, 9.17) is 4.74 Å². The molecule has 3 aromatic heterocycles. The van der Waals surface area contributed by atoms with Crippen LogP contribution >= 0.6 is 11.3 Å². The molecule has 15 heteroatoms. The van der Waals surface area contributed by atoms with Gasteiger partial charge in [-0.1, -0.05) is 11.3 Å². The van der Waals surface area contributed by atoms with Gasteiger partial charge in [0.2, 0.25) is 15.0 Å². The number of hydrogen-bond donors (Lipinski definition) is 2. The first kappa shape index (κ1) is 24.4. The molecule has 0 amide bonds. The number of fused-ring (bicyclic) bond motifs is 1. The van der Waals surface area contributed by atoms with E-state index in [1.165, 1.54) is 16.8 Å². The van der Waals surface area contributed by atoms with Crippen LogP contribution in [0.1, 0.15) is 25.8 Å². The highest BCUT2D eigenvalue weighted by molar-refractivity contribution is 7.89. The van der Waals surface area contributed by atoms with Crippen molar-refractivity contribution in [2.24, 2.45) is 0 Å². The number of anilines is 1. The molecule has 190 valence electrons. The molecule has 0 aromatic carbocycles. The summed E-state index contributed by atoms with van der Waals surface area (Å²) in [5, 5.41) is 9.19. The lowest BCUT2D eigenvalue weighted by Crippen LogP contribution is -2.59. The molecule has 0 spiro atoms. The molecule has 5 heterocycles. The Morgan fingerprint density at radius 2 is 1.91 bits per heavy atom. The number of imidazole rings is 1. The lowest BCUT2D eigenvalue weighted by molar-refractivity contribution is -0.138. The fraction of sp³-hybridized carbons (Fsp3) is 0.550. The number of nitrogens with zero attached hydrogens (tertiary/aromatic N) is 5. The topological polar surface area (TPSA) is 114 Å². The third kappa shape index (κ3) is 4.62. The molecule has 35 heavy (non-hydrogen) atoms. The normalized spacial score (nSPS) is 23.0. The van der Waals surface area contributed by atoms with E-state index in [2.05, 4.69) is 30.1 Å². The van der Waals surface area contributed by atoms with Gasteiger partial charge in [0.25, 0.3) is 0 Å². The molecular weight excluding hydrogens is 507 g/mol. The fourth-order valence-electron chi connectivity index (χ4n) is 4.41. The number of pyridine rings is 1. The van der Waals surface area contributed by atoms with Crippen molar-refractivity contribution >= 4 is 32.6 Å². The van der Waals surface area contributed by atoms with Crippen molar-refractivity contribution in [3.8, 4) is 10.8 Å². The van der Waals surface area contributed by atoms with Crippen molar-refractivity contribution in [1.29, 1.82) is 0 Å². The second-order valence-electron chi connectivity index (χ2n) is 9.34. The lowest BCUT2D eigenvalue weighted by Gasteiger charge is -2.39. The highest BCUT2D eigenvalue weighted by Gasteiger charge is 2.39. The predicted molar refractivity (Wildman–Crippen MR) is 123 cm³/mol. The summed E-state index contributed by atoms with van der Waals surface area (Å²) in [5.41, 5.74) is 0.439. The smallest absolute Gasteiger partial charge is 0.377 e. The summed E-state index contributed by atoms with van der Waals surface area (Å²) < 4.78 is 75.4. The summed E-state index contributed by atoms with van der Waals surface area (Å²) in [6.45, 7) is 7.52. The van der Waals surface area contributed by atoms with Gasteiger partial charge in [-0.05, 0) is 26.8 Å². The zero-order valence-electron chi connectivity index (χ0n) is 19.1. The van der Waals surface area contributed by atoms with Gasteiger partial charge in [-0.15, -0.1) is 10.2 Å². The number of hydrogen-bond acceptors (Lipinski definition) is 9. The molecule has 2 atom stereocenters. The van der Waals surface area contributed by atoms with Crippen molar-refractivity contribution in [3.05, 3.63) is 23.5 Å². The van der Waals surface area contributed by atoms with Gasteiger partial charge >= 0.3 is 6.18 Å². The van der Waals surface area contributed by atoms with Crippen LogP contribution in [0.3, 0.4) is 0 Å². The van der Waals surface area contributed by atoms with Crippen LogP contribution in [-0.4, -0.2) is 71.9 Å². The van der Waals surface area contributed by atoms with Crippen LogP contribution in [0.4, 0.5) is 18.9 Å². The summed E-state index contributed by atoms with van der Waals surface area (Å²) in [7, 11) is -3.99. The van der Waals surface area contributed by atoms with Gasteiger partial charge < -0.3 is 15.0 Å². The molecular formula is C20H24F3N7O3S2. The molecule has 2 aliphatic rings. The zero-order valence-corrected chi connectivity index (χ0v) is 20.8. The Bertz CT molecular complexity index is 1360. The van der Waals surface area contributed by atoms with Gasteiger partial charge in [0.05, 0.1) is 36.2 Å². The maximum absolute atomic E-state index is 13.3. The van der Waals surface area contributed by atoms with Crippen LogP contribution in [0.25, 0.3) is 16.3 Å². The number of halogens is 3. The maximum atomic E-state index is 13.3. The average molecular weight is 532 g/mol. The minimum Gasteiger partial charge on any atom is -0.377 e. The van der Waals surface area contributed by atoms with Crippen LogP contribution in [-0.2, 0) is 20.9 Å². The quantitative estimate of drug-likeness (QED) is 0.515. The minimum atomic E-state index is -4.64. The molecule has 10 nitrogen and oxygen atoms in total. The average Bonchev–Trinajstić information content (AvgIpc) is 3.37. The summed E-state index contributed by atoms with van der Waals surface area (Å²) in [4.78, 5) is 6.33. The molecule has 2 saturated heterocycles. The molecule has 0 unspecified atom stereocenters. The lowest BCUT2D eigenvalue weighted by atomic mass is 10.0. The largest absolute Gasteiger partial charge is 0.445 e. The Kier molecular flexibility index (Phi) is 5.83. The van der Waals surface area contributed by atoms with Crippen LogP contribution < -0.4 is 14.9 Å². The standard InChI is InChI=1S/C20H24F3N7O3S2/c1-11-6-29(7-12(2)25-11)14-4-13(35(31,32)28-19(3)9-33-10-19)8-30-15(14)5-24-16(30)17-26-27-18(34-17)20(21,22)23/h4-5,8,11-12,25,28H,6-7,9-10H2,1-3H3/t11-,12-/m0/s1. The third-order valence-electron chi connectivity index (χ3n) is 5.88. The molecule has 3 aromatic rings. The molecule has 2 fully saturated rings. The van der Waals surface area contributed by atoms with Crippen molar-refractivity contribution < 1.29 is 26.3 Å². The van der Waals surface area contributed by atoms with Crippen molar-refractivity contribution in [2.45, 2.75) is 49.5 Å². The Balaban J connectivity index is 1.66. The van der Waals surface area contributed by atoms with Crippen molar-refractivity contribution in [1.82, 2.24) is 29.6 Å². The van der Waals surface area contributed by atoms with E-state index in [0.717, 1.165) is 0 Å². The molecule has 0 bridgehead atoms. The van der Waals surface area contributed by atoms with E-state index in [0.29, 0.717) is 35.6 Å². The van der Waals surface area contributed by atoms with Gasteiger partial charge in [-0.25, -0.2) is 18.1 Å². The van der Waals surface area contributed by atoms with Gasteiger partial charge in [-0.3, -0.25) is 4.40 Å². The van der Waals surface area contributed by atoms with Gasteiger partial charge in [0.1, 0.15) is 4.90 Å². The molecule has 5 rings (SSSR count). The van der Waals surface area contributed by atoms with Crippen LogP contribution in [0.2, 0.25) is 0 Å². The number of rotatable bonds is 5. The molecule has 0 saturated carbocycles. The molecule has 0 radical (unpaired) electrons. The number of sulfonamides is 1.